The van der Waals surface area contributed by atoms with E-state index in [4.69, 9.17) is 5.11 Å². The molecule has 2 N–H and O–H groups in total. The highest BCUT2D eigenvalue weighted by Crippen LogP contribution is 2.31. The van der Waals surface area contributed by atoms with Crippen molar-refractivity contribution in [2.75, 3.05) is 12.8 Å². The summed E-state index contributed by atoms with van der Waals surface area (Å²) >= 11 is 0. The average Bonchev–Trinajstić information content (AvgIpc) is 2.77. The lowest BCUT2D eigenvalue weighted by Crippen LogP contribution is -2.36. The first kappa shape index (κ1) is 15.1. The van der Waals surface area contributed by atoms with Crippen LogP contribution >= 0.6 is 0 Å². The fourth-order valence-corrected chi connectivity index (χ4v) is 2.71. The van der Waals surface area contributed by atoms with Crippen molar-refractivity contribution in [3.05, 3.63) is 0 Å². The summed E-state index contributed by atoms with van der Waals surface area (Å²) in [7, 11) is -0.887. The van der Waals surface area contributed by atoms with Gasteiger partial charge < -0.3 is 10.4 Å². The third kappa shape index (κ3) is 4.08. The number of carbonyl (C=O) groups is 2. The van der Waals surface area contributed by atoms with Gasteiger partial charge in [0.25, 0.3) is 0 Å². The van der Waals surface area contributed by atoms with Crippen molar-refractivity contribution < 1.29 is 18.9 Å². The Hall–Kier alpha value is -0.910. The number of amides is 1. The summed E-state index contributed by atoms with van der Waals surface area (Å²) in [6, 6.07) is 0. The van der Waals surface area contributed by atoms with Gasteiger partial charge in [-0.05, 0) is 19.3 Å². The van der Waals surface area contributed by atoms with Crippen molar-refractivity contribution in [2.45, 2.75) is 37.9 Å². The summed E-state index contributed by atoms with van der Waals surface area (Å²) in [4.78, 5) is 22.8. The molecule has 1 aliphatic carbocycles. The van der Waals surface area contributed by atoms with Gasteiger partial charge in [0.15, 0.2) is 0 Å². The Kier molecular flexibility index (Phi) is 5.78. The van der Waals surface area contributed by atoms with Gasteiger partial charge in [-0.1, -0.05) is 13.3 Å². The van der Waals surface area contributed by atoms with Crippen LogP contribution in [-0.4, -0.2) is 39.2 Å². The maximum absolute atomic E-state index is 11.9. The molecule has 0 spiro atoms. The summed E-state index contributed by atoms with van der Waals surface area (Å²) < 4.78 is 11.1. The Balaban J connectivity index is 2.37. The molecule has 5 nitrogen and oxygen atoms in total. The fraction of sp³-hybridized carbons (Fsp3) is 0.833. The van der Waals surface area contributed by atoms with Crippen LogP contribution in [0.5, 0.6) is 0 Å². The van der Waals surface area contributed by atoms with Crippen molar-refractivity contribution in [3.63, 3.8) is 0 Å². The maximum atomic E-state index is 11.9. The second kappa shape index (κ2) is 6.87. The molecular formula is C12H21NO4S. The standard InChI is InChI=1S/C12H21NO4S/c1-8(18(2)17)6-7-13-11(14)9-4-3-5-10(9)12(15)16/h8-10H,3-7H2,1-2H3,(H,13,14)(H,15,16)/t8?,9-,10+,18?/m1/s1. The number of aliphatic carboxylic acids is 1. The van der Waals surface area contributed by atoms with Crippen molar-refractivity contribution in [2.24, 2.45) is 11.8 Å². The van der Waals surface area contributed by atoms with E-state index in [0.29, 0.717) is 25.8 Å². The van der Waals surface area contributed by atoms with Gasteiger partial charge in [0.05, 0.1) is 11.8 Å². The normalized spacial score (nSPS) is 26.6. The number of carbonyl (C=O) groups excluding carboxylic acids is 1. The predicted molar refractivity (Wildman–Crippen MR) is 69.6 cm³/mol. The molecular weight excluding hydrogens is 254 g/mol. The molecule has 0 radical (unpaired) electrons. The van der Waals surface area contributed by atoms with Crippen molar-refractivity contribution in [1.29, 1.82) is 0 Å². The van der Waals surface area contributed by atoms with Crippen LogP contribution in [0.15, 0.2) is 0 Å². The summed E-state index contributed by atoms with van der Waals surface area (Å²) in [5, 5.41) is 11.8. The molecule has 1 saturated carbocycles. The van der Waals surface area contributed by atoms with E-state index in [1.807, 2.05) is 6.92 Å². The van der Waals surface area contributed by atoms with Gasteiger partial charge in [-0.3, -0.25) is 13.8 Å². The maximum Gasteiger partial charge on any atom is 0.307 e. The Morgan fingerprint density at radius 1 is 1.39 bits per heavy atom. The summed E-state index contributed by atoms with van der Waals surface area (Å²) in [6.45, 7) is 2.33. The Morgan fingerprint density at radius 3 is 2.56 bits per heavy atom. The molecule has 0 aromatic heterocycles. The number of carboxylic acid groups (broad SMARTS) is 1. The Bertz CT molecular complexity index is 345. The fourth-order valence-electron chi connectivity index (χ4n) is 2.27. The number of hydrogen-bond acceptors (Lipinski definition) is 3. The first-order valence-corrected chi connectivity index (χ1v) is 7.88. The Morgan fingerprint density at radius 2 is 2.00 bits per heavy atom. The van der Waals surface area contributed by atoms with Crippen LogP contribution in [0, 0.1) is 11.8 Å². The number of hydrogen-bond donors (Lipinski definition) is 2. The van der Waals surface area contributed by atoms with Crippen molar-refractivity contribution in [1.82, 2.24) is 5.32 Å². The smallest absolute Gasteiger partial charge is 0.307 e. The largest absolute Gasteiger partial charge is 0.481 e. The highest BCUT2D eigenvalue weighted by atomic mass is 32.2. The summed E-state index contributed by atoms with van der Waals surface area (Å²) in [5.41, 5.74) is 0. The van der Waals surface area contributed by atoms with Crippen LogP contribution in [-0.2, 0) is 20.4 Å². The lowest BCUT2D eigenvalue weighted by Gasteiger charge is -2.16. The molecule has 0 heterocycles. The predicted octanol–water partition coefficient (Wildman–Crippen LogP) is 0.761. The minimum atomic E-state index is -0.887. The molecule has 1 rings (SSSR count). The van der Waals surface area contributed by atoms with Crippen molar-refractivity contribution >= 4 is 22.7 Å². The lowest BCUT2D eigenvalue weighted by atomic mass is 9.95. The number of rotatable bonds is 6. The second-order valence-electron chi connectivity index (χ2n) is 4.87. The first-order valence-electron chi connectivity index (χ1n) is 6.26. The van der Waals surface area contributed by atoms with E-state index in [1.165, 1.54) is 0 Å². The highest BCUT2D eigenvalue weighted by molar-refractivity contribution is 7.84. The van der Waals surface area contributed by atoms with Gasteiger partial charge in [-0.25, -0.2) is 0 Å². The van der Waals surface area contributed by atoms with Crippen LogP contribution in [0.4, 0.5) is 0 Å². The van der Waals surface area contributed by atoms with Gasteiger partial charge in [0.2, 0.25) is 5.91 Å². The molecule has 0 aromatic carbocycles. The first-order chi connectivity index (χ1) is 8.43. The molecule has 1 aliphatic rings. The minimum Gasteiger partial charge on any atom is -0.481 e. The number of nitrogens with one attached hydrogen (secondary N) is 1. The van der Waals surface area contributed by atoms with Gasteiger partial charge >= 0.3 is 5.97 Å². The second-order valence-corrected chi connectivity index (χ2v) is 6.67. The molecule has 1 amide bonds. The van der Waals surface area contributed by atoms with Gasteiger partial charge in [-0.2, -0.15) is 0 Å². The zero-order valence-corrected chi connectivity index (χ0v) is 11.7. The van der Waals surface area contributed by atoms with E-state index in [1.54, 1.807) is 6.26 Å². The van der Waals surface area contributed by atoms with Crippen LogP contribution in [0.3, 0.4) is 0 Å². The molecule has 0 saturated heterocycles. The minimum absolute atomic E-state index is 0.0455. The molecule has 6 heteroatoms. The van der Waals surface area contributed by atoms with Crippen LogP contribution in [0.1, 0.15) is 32.6 Å². The van der Waals surface area contributed by atoms with E-state index in [9.17, 15) is 13.8 Å². The van der Waals surface area contributed by atoms with Crippen LogP contribution in [0.2, 0.25) is 0 Å². The molecule has 4 atom stereocenters. The molecule has 0 aliphatic heterocycles. The van der Waals surface area contributed by atoms with Gasteiger partial charge in [-0.15, -0.1) is 0 Å². The molecule has 0 bridgehead atoms. The molecule has 0 aromatic rings. The lowest BCUT2D eigenvalue weighted by molar-refractivity contribution is -0.146. The van der Waals surface area contributed by atoms with Crippen molar-refractivity contribution in [3.8, 4) is 0 Å². The van der Waals surface area contributed by atoms with Gasteiger partial charge in [0, 0.05) is 28.9 Å². The SMILES string of the molecule is CC(CCNC(=O)[C@@H]1CCC[C@@H]1C(=O)O)S(C)=O. The monoisotopic (exact) mass is 275 g/mol. The topological polar surface area (TPSA) is 83.5 Å². The van der Waals surface area contributed by atoms with E-state index < -0.39 is 28.6 Å². The van der Waals surface area contributed by atoms with Crippen LogP contribution in [0.25, 0.3) is 0 Å². The third-order valence-electron chi connectivity index (χ3n) is 3.59. The van der Waals surface area contributed by atoms with E-state index in [2.05, 4.69) is 5.32 Å². The highest BCUT2D eigenvalue weighted by Gasteiger charge is 2.37. The van der Waals surface area contributed by atoms with Gasteiger partial charge in [0.1, 0.15) is 0 Å². The van der Waals surface area contributed by atoms with E-state index in [-0.39, 0.29) is 11.2 Å². The summed E-state index contributed by atoms with van der Waals surface area (Å²) in [6.07, 6.45) is 4.33. The van der Waals surface area contributed by atoms with E-state index in [0.717, 1.165) is 6.42 Å². The number of carboxylic acids is 1. The Labute approximate surface area is 110 Å². The molecule has 104 valence electrons. The summed E-state index contributed by atoms with van der Waals surface area (Å²) in [5.74, 6) is -1.99. The quantitative estimate of drug-likeness (QED) is 0.749. The molecule has 1 fully saturated rings. The third-order valence-corrected chi connectivity index (χ3v) is 4.96. The zero-order valence-electron chi connectivity index (χ0n) is 10.8. The van der Waals surface area contributed by atoms with E-state index >= 15 is 0 Å². The molecule has 2 unspecified atom stereocenters. The average molecular weight is 275 g/mol. The van der Waals surface area contributed by atoms with Crippen LogP contribution < -0.4 is 5.32 Å². The molecule has 18 heavy (non-hydrogen) atoms. The zero-order chi connectivity index (χ0) is 13.7.